The standard InChI is InChI=1S/C22H26BrNO5/c1-25-21-11-16(12-24-13-17-3-2-6-26-17)9-18(23)22(21)29-14-15-4-5-19-20(10-15)28-8-7-27-19/h4-5,9-11,17,24H,2-3,6-8,12-14H2,1H3. The number of benzene rings is 2. The number of hydrogen-bond donors (Lipinski definition) is 1. The van der Waals surface area contributed by atoms with Gasteiger partial charge in [0.25, 0.3) is 0 Å². The lowest BCUT2D eigenvalue weighted by atomic mass is 10.1. The predicted molar refractivity (Wildman–Crippen MR) is 113 cm³/mol. The number of rotatable bonds is 8. The van der Waals surface area contributed by atoms with E-state index in [0.717, 1.165) is 59.6 Å². The fourth-order valence-corrected chi connectivity index (χ4v) is 4.14. The van der Waals surface area contributed by atoms with Crippen LogP contribution in [0.25, 0.3) is 0 Å². The molecule has 2 aromatic rings. The van der Waals surface area contributed by atoms with Crippen LogP contribution >= 0.6 is 15.9 Å². The third kappa shape index (κ3) is 5.15. The van der Waals surface area contributed by atoms with E-state index in [9.17, 15) is 0 Å². The molecule has 1 saturated heterocycles. The van der Waals surface area contributed by atoms with Crippen LogP contribution in [0.2, 0.25) is 0 Å². The Morgan fingerprint density at radius 2 is 1.93 bits per heavy atom. The highest BCUT2D eigenvalue weighted by Gasteiger charge is 2.16. The van der Waals surface area contributed by atoms with Gasteiger partial charge in [-0.15, -0.1) is 0 Å². The molecule has 0 saturated carbocycles. The van der Waals surface area contributed by atoms with Gasteiger partial charge < -0.3 is 29.0 Å². The summed E-state index contributed by atoms with van der Waals surface area (Å²) in [5, 5.41) is 3.46. The summed E-state index contributed by atoms with van der Waals surface area (Å²) in [4.78, 5) is 0. The van der Waals surface area contributed by atoms with Crippen LogP contribution in [-0.2, 0) is 17.9 Å². The fraction of sp³-hybridized carbons (Fsp3) is 0.455. The van der Waals surface area contributed by atoms with E-state index in [-0.39, 0.29) is 0 Å². The first-order chi connectivity index (χ1) is 14.2. The minimum Gasteiger partial charge on any atom is -0.493 e. The summed E-state index contributed by atoms with van der Waals surface area (Å²) < 4.78 is 29.4. The van der Waals surface area contributed by atoms with Gasteiger partial charge in [0.1, 0.15) is 19.8 Å². The minimum atomic E-state index is 0.328. The molecule has 29 heavy (non-hydrogen) atoms. The first kappa shape index (κ1) is 20.3. The third-order valence-electron chi connectivity index (χ3n) is 5.00. The lowest BCUT2D eigenvalue weighted by molar-refractivity contribution is 0.110. The highest BCUT2D eigenvalue weighted by atomic mass is 79.9. The number of methoxy groups -OCH3 is 1. The number of ether oxygens (including phenoxy) is 5. The highest BCUT2D eigenvalue weighted by Crippen LogP contribution is 2.38. The number of halogens is 1. The Labute approximate surface area is 179 Å². The summed E-state index contributed by atoms with van der Waals surface area (Å²) in [5.41, 5.74) is 2.13. The number of nitrogens with one attached hydrogen (secondary N) is 1. The maximum atomic E-state index is 6.07. The first-order valence-electron chi connectivity index (χ1n) is 9.93. The second kappa shape index (κ2) is 9.69. The molecule has 6 nitrogen and oxygen atoms in total. The summed E-state index contributed by atoms with van der Waals surface area (Å²) in [6, 6.07) is 9.93. The van der Waals surface area contributed by atoms with Gasteiger partial charge in [-0.05, 0) is 64.2 Å². The van der Waals surface area contributed by atoms with Crippen LogP contribution in [0.3, 0.4) is 0 Å². The molecule has 1 fully saturated rings. The molecule has 0 spiro atoms. The van der Waals surface area contributed by atoms with Gasteiger partial charge in [0.15, 0.2) is 23.0 Å². The zero-order chi connectivity index (χ0) is 20.1. The van der Waals surface area contributed by atoms with Crippen LogP contribution in [0.15, 0.2) is 34.8 Å². The van der Waals surface area contributed by atoms with Crippen LogP contribution in [-0.4, -0.2) is 39.6 Å². The SMILES string of the molecule is COc1cc(CNCC2CCCO2)cc(Br)c1OCc1ccc2c(c1)OCCO2. The van der Waals surface area contributed by atoms with Gasteiger partial charge in [0, 0.05) is 19.7 Å². The Kier molecular flexibility index (Phi) is 6.79. The number of hydrogen-bond acceptors (Lipinski definition) is 6. The molecule has 0 aromatic heterocycles. The van der Waals surface area contributed by atoms with Gasteiger partial charge in [-0.25, -0.2) is 0 Å². The molecule has 2 aliphatic rings. The van der Waals surface area contributed by atoms with Crippen molar-refractivity contribution in [3.8, 4) is 23.0 Å². The van der Waals surface area contributed by atoms with E-state index >= 15 is 0 Å². The topological polar surface area (TPSA) is 58.2 Å². The normalized spacial score (nSPS) is 17.9. The van der Waals surface area contributed by atoms with Crippen LogP contribution in [0.5, 0.6) is 23.0 Å². The van der Waals surface area contributed by atoms with Crippen molar-refractivity contribution in [1.82, 2.24) is 5.32 Å². The highest BCUT2D eigenvalue weighted by molar-refractivity contribution is 9.10. The fourth-order valence-electron chi connectivity index (χ4n) is 3.53. The zero-order valence-electron chi connectivity index (χ0n) is 16.5. The predicted octanol–water partition coefficient (Wildman–Crippen LogP) is 4.08. The van der Waals surface area contributed by atoms with Crippen LogP contribution in [0, 0.1) is 0 Å². The molecule has 156 valence electrons. The zero-order valence-corrected chi connectivity index (χ0v) is 18.1. The first-order valence-corrected chi connectivity index (χ1v) is 10.7. The second-order valence-corrected chi connectivity index (χ2v) is 8.00. The summed E-state index contributed by atoms with van der Waals surface area (Å²) in [6.07, 6.45) is 2.61. The molecular weight excluding hydrogens is 438 g/mol. The number of fused-ring (bicyclic) bond motifs is 1. The van der Waals surface area contributed by atoms with E-state index in [1.165, 1.54) is 0 Å². The van der Waals surface area contributed by atoms with Crippen molar-refractivity contribution < 1.29 is 23.7 Å². The van der Waals surface area contributed by atoms with E-state index in [2.05, 4.69) is 27.3 Å². The molecule has 2 aliphatic heterocycles. The second-order valence-electron chi connectivity index (χ2n) is 7.14. The van der Waals surface area contributed by atoms with E-state index in [4.69, 9.17) is 23.7 Å². The van der Waals surface area contributed by atoms with Crippen LogP contribution in [0.1, 0.15) is 24.0 Å². The average molecular weight is 464 g/mol. The molecule has 4 rings (SSSR count). The van der Waals surface area contributed by atoms with Crippen molar-refractivity contribution in [2.75, 3.05) is 33.5 Å². The summed E-state index contributed by atoms with van der Waals surface area (Å²) >= 11 is 3.63. The average Bonchev–Trinajstić information content (AvgIpc) is 3.26. The van der Waals surface area contributed by atoms with Gasteiger partial charge in [-0.3, -0.25) is 0 Å². The summed E-state index contributed by atoms with van der Waals surface area (Å²) in [6.45, 7) is 4.05. The Bertz CT molecular complexity index is 838. The van der Waals surface area contributed by atoms with Gasteiger partial charge >= 0.3 is 0 Å². The van der Waals surface area contributed by atoms with Crippen molar-refractivity contribution in [1.29, 1.82) is 0 Å². The van der Waals surface area contributed by atoms with Gasteiger partial charge in [0.05, 0.1) is 17.7 Å². The monoisotopic (exact) mass is 463 g/mol. The lowest BCUT2D eigenvalue weighted by Crippen LogP contribution is -2.25. The van der Waals surface area contributed by atoms with Crippen molar-refractivity contribution in [2.45, 2.75) is 32.1 Å². The molecule has 0 aliphatic carbocycles. The van der Waals surface area contributed by atoms with Crippen LogP contribution < -0.4 is 24.3 Å². The molecule has 1 unspecified atom stereocenters. The summed E-state index contributed by atoms with van der Waals surface area (Å²) in [7, 11) is 1.66. The molecule has 0 radical (unpaired) electrons. The Morgan fingerprint density at radius 1 is 1.07 bits per heavy atom. The van der Waals surface area contributed by atoms with Gasteiger partial charge in [0.2, 0.25) is 0 Å². The lowest BCUT2D eigenvalue weighted by Gasteiger charge is -2.19. The molecule has 2 aromatic carbocycles. The van der Waals surface area contributed by atoms with Gasteiger partial charge in [-0.2, -0.15) is 0 Å². The molecule has 2 heterocycles. The Morgan fingerprint density at radius 3 is 2.72 bits per heavy atom. The van der Waals surface area contributed by atoms with Crippen molar-refractivity contribution >= 4 is 15.9 Å². The van der Waals surface area contributed by atoms with E-state index in [1.807, 2.05) is 24.3 Å². The van der Waals surface area contributed by atoms with Gasteiger partial charge in [-0.1, -0.05) is 6.07 Å². The maximum absolute atomic E-state index is 6.07. The molecule has 1 N–H and O–H groups in total. The largest absolute Gasteiger partial charge is 0.493 e. The molecule has 0 amide bonds. The van der Waals surface area contributed by atoms with Crippen molar-refractivity contribution in [2.24, 2.45) is 0 Å². The van der Waals surface area contributed by atoms with Crippen LogP contribution in [0.4, 0.5) is 0 Å². The third-order valence-corrected chi connectivity index (χ3v) is 5.59. The molecular formula is C22H26BrNO5. The quantitative estimate of drug-likeness (QED) is 0.636. The molecule has 1 atom stereocenters. The summed E-state index contributed by atoms with van der Waals surface area (Å²) in [5.74, 6) is 2.92. The smallest absolute Gasteiger partial charge is 0.175 e. The van der Waals surface area contributed by atoms with E-state index in [1.54, 1.807) is 7.11 Å². The Balaban J connectivity index is 1.39. The van der Waals surface area contributed by atoms with Crippen molar-refractivity contribution in [3.63, 3.8) is 0 Å². The maximum Gasteiger partial charge on any atom is 0.175 e. The molecule has 7 heteroatoms. The molecule has 0 bridgehead atoms. The Hall–Kier alpha value is -1.96. The van der Waals surface area contributed by atoms with E-state index < -0.39 is 0 Å². The van der Waals surface area contributed by atoms with Crippen molar-refractivity contribution in [3.05, 3.63) is 45.9 Å². The van der Waals surface area contributed by atoms with E-state index in [0.29, 0.717) is 37.4 Å². The minimum absolute atomic E-state index is 0.328.